The monoisotopic (exact) mass is 430 g/mol. The maximum absolute atomic E-state index is 12.8. The fourth-order valence-electron chi connectivity index (χ4n) is 3.79. The molecule has 0 saturated carbocycles. The van der Waals surface area contributed by atoms with E-state index in [1.54, 1.807) is 57.6 Å². The first-order chi connectivity index (χ1) is 14.9. The Hall–Kier alpha value is -3.23. The van der Waals surface area contributed by atoms with Crippen LogP contribution in [-0.4, -0.2) is 67.5 Å². The van der Waals surface area contributed by atoms with Crippen molar-refractivity contribution in [3.63, 3.8) is 0 Å². The first kappa shape index (κ1) is 22.5. The predicted octanol–water partition coefficient (Wildman–Crippen LogP) is 1.66. The van der Waals surface area contributed by atoms with Gasteiger partial charge >= 0.3 is 0 Å². The molecule has 3 rings (SSSR count). The first-order valence-corrected chi connectivity index (χ1v) is 10.3. The van der Waals surface area contributed by atoms with Crippen molar-refractivity contribution in [3.8, 4) is 17.2 Å². The lowest BCUT2D eigenvalue weighted by Gasteiger charge is -2.32. The summed E-state index contributed by atoms with van der Waals surface area (Å²) in [4.78, 5) is 26.9. The van der Waals surface area contributed by atoms with Crippen molar-refractivity contribution < 1.29 is 23.8 Å². The van der Waals surface area contributed by atoms with Gasteiger partial charge in [-0.15, -0.1) is 0 Å². The minimum Gasteiger partial charge on any atom is -0.493 e. The second-order valence-electron chi connectivity index (χ2n) is 7.65. The molecule has 0 unspecified atom stereocenters. The molecule has 1 aromatic heterocycles. The molecule has 1 saturated heterocycles. The fraction of sp³-hybridized carbons (Fsp3) is 0.500. The highest BCUT2D eigenvalue weighted by Crippen LogP contribution is 2.38. The van der Waals surface area contributed by atoms with Crippen LogP contribution in [0.2, 0.25) is 0 Å². The second-order valence-corrected chi connectivity index (χ2v) is 7.65. The quantitative estimate of drug-likeness (QED) is 0.684. The van der Waals surface area contributed by atoms with Gasteiger partial charge in [0.1, 0.15) is 0 Å². The van der Waals surface area contributed by atoms with Gasteiger partial charge in [-0.25, -0.2) is 0 Å². The molecular formula is C22H30N4O5. The van der Waals surface area contributed by atoms with E-state index in [1.165, 1.54) is 0 Å². The smallest absolute Gasteiger partial charge is 0.254 e. The van der Waals surface area contributed by atoms with Crippen LogP contribution in [0.25, 0.3) is 0 Å². The number of aromatic nitrogens is 2. The summed E-state index contributed by atoms with van der Waals surface area (Å²) < 4.78 is 17.7. The summed E-state index contributed by atoms with van der Waals surface area (Å²) in [5.74, 6) is 1.88. The van der Waals surface area contributed by atoms with Crippen LogP contribution in [-0.2, 0) is 18.3 Å². The van der Waals surface area contributed by atoms with E-state index >= 15 is 0 Å². The van der Waals surface area contributed by atoms with Crippen LogP contribution >= 0.6 is 0 Å². The van der Waals surface area contributed by atoms with Crippen molar-refractivity contribution in [2.45, 2.75) is 19.3 Å². The number of likely N-dealkylation sites (tertiary alicyclic amines) is 1. The number of nitrogens with one attached hydrogen (secondary N) is 1. The van der Waals surface area contributed by atoms with Gasteiger partial charge in [0, 0.05) is 32.9 Å². The zero-order chi connectivity index (χ0) is 22.4. The number of amides is 2. The summed E-state index contributed by atoms with van der Waals surface area (Å²) in [6.07, 6.45) is 5.22. The highest BCUT2D eigenvalue weighted by atomic mass is 16.5. The molecule has 1 aliphatic heterocycles. The Balaban J connectivity index is 1.50. The van der Waals surface area contributed by atoms with E-state index in [2.05, 4.69) is 10.4 Å². The first-order valence-electron chi connectivity index (χ1n) is 10.3. The molecule has 1 fully saturated rings. The predicted molar refractivity (Wildman–Crippen MR) is 115 cm³/mol. The van der Waals surface area contributed by atoms with Gasteiger partial charge in [-0.1, -0.05) is 0 Å². The molecule has 1 aliphatic rings. The van der Waals surface area contributed by atoms with E-state index in [1.807, 2.05) is 4.90 Å². The Morgan fingerprint density at radius 1 is 1.10 bits per heavy atom. The zero-order valence-corrected chi connectivity index (χ0v) is 18.5. The summed E-state index contributed by atoms with van der Waals surface area (Å²) in [7, 11) is 6.44. The molecule has 0 spiro atoms. The average Bonchev–Trinajstić information content (AvgIpc) is 3.23. The van der Waals surface area contributed by atoms with Crippen LogP contribution in [0.5, 0.6) is 17.2 Å². The third kappa shape index (κ3) is 5.48. The van der Waals surface area contributed by atoms with E-state index in [0.29, 0.717) is 48.4 Å². The third-order valence-corrected chi connectivity index (χ3v) is 5.57. The Morgan fingerprint density at radius 3 is 2.26 bits per heavy atom. The number of benzene rings is 1. The molecule has 0 radical (unpaired) electrons. The number of nitrogens with zero attached hydrogens (tertiary/aromatic N) is 3. The maximum Gasteiger partial charge on any atom is 0.254 e. The number of ether oxygens (including phenoxy) is 3. The number of methoxy groups -OCH3 is 3. The van der Waals surface area contributed by atoms with Gasteiger partial charge in [0.25, 0.3) is 5.91 Å². The normalized spacial score (nSPS) is 14.3. The van der Waals surface area contributed by atoms with Crippen LogP contribution in [0.3, 0.4) is 0 Å². The van der Waals surface area contributed by atoms with Crippen molar-refractivity contribution in [1.29, 1.82) is 0 Å². The SMILES string of the molecule is COc1cc(CC(=O)N2CCC(CNC(=O)c3cnn(C)c3)CC2)cc(OC)c1OC. The number of aryl methyl sites for hydroxylation is 1. The Bertz CT molecular complexity index is 893. The maximum atomic E-state index is 12.8. The van der Waals surface area contributed by atoms with Crippen molar-refractivity contribution in [2.75, 3.05) is 41.0 Å². The molecule has 1 N–H and O–H groups in total. The second kappa shape index (κ2) is 10.2. The van der Waals surface area contributed by atoms with Crippen molar-refractivity contribution in [3.05, 3.63) is 35.7 Å². The van der Waals surface area contributed by atoms with Crippen molar-refractivity contribution >= 4 is 11.8 Å². The van der Waals surface area contributed by atoms with Crippen LogP contribution in [0.15, 0.2) is 24.5 Å². The highest BCUT2D eigenvalue weighted by molar-refractivity contribution is 5.93. The van der Waals surface area contributed by atoms with Gasteiger partial charge in [0.15, 0.2) is 11.5 Å². The van der Waals surface area contributed by atoms with Crippen molar-refractivity contribution in [2.24, 2.45) is 13.0 Å². The van der Waals surface area contributed by atoms with Gasteiger partial charge in [0.2, 0.25) is 11.7 Å². The van der Waals surface area contributed by atoms with Crippen LogP contribution < -0.4 is 19.5 Å². The largest absolute Gasteiger partial charge is 0.493 e. The Kier molecular flexibility index (Phi) is 7.38. The molecule has 168 valence electrons. The lowest BCUT2D eigenvalue weighted by molar-refractivity contribution is -0.131. The summed E-state index contributed by atoms with van der Waals surface area (Å²) in [6.45, 7) is 1.95. The minimum absolute atomic E-state index is 0.0621. The van der Waals surface area contributed by atoms with Crippen LogP contribution in [0.1, 0.15) is 28.8 Å². The van der Waals surface area contributed by atoms with Crippen molar-refractivity contribution in [1.82, 2.24) is 20.0 Å². The zero-order valence-electron chi connectivity index (χ0n) is 18.5. The molecule has 2 heterocycles. The Morgan fingerprint density at radius 2 is 1.74 bits per heavy atom. The van der Waals surface area contributed by atoms with Crippen LogP contribution in [0.4, 0.5) is 0 Å². The molecule has 0 atom stereocenters. The number of piperidine rings is 1. The van der Waals surface area contributed by atoms with Gasteiger partial charge in [-0.2, -0.15) is 5.10 Å². The lowest BCUT2D eigenvalue weighted by Crippen LogP contribution is -2.42. The molecular weight excluding hydrogens is 400 g/mol. The Labute approximate surface area is 182 Å². The molecule has 0 aliphatic carbocycles. The van der Waals surface area contributed by atoms with E-state index in [0.717, 1.165) is 18.4 Å². The van der Waals surface area contributed by atoms with E-state index in [-0.39, 0.29) is 18.2 Å². The molecule has 9 heteroatoms. The minimum atomic E-state index is -0.117. The fourth-order valence-corrected chi connectivity index (χ4v) is 3.79. The van der Waals surface area contributed by atoms with E-state index in [4.69, 9.17) is 14.2 Å². The molecule has 2 aromatic rings. The van der Waals surface area contributed by atoms with E-state index in [9.17, 15) is 9.59 Å². The summed E-state index contributed by atoms with van der Waals surface area (Å²) in [6, 6.07) is 3.61. The topological polar surface area (TPSA) is 94.9 Å². The van der Waals surface area contributed by atoms with Crippen LogP contribution in [0, 0.1) is 5.92 Å². The van der Waals surface area contributed by atoms with E-state index < -0.39 is 0 Å². The molecule has 31 heavy (non-hydrogen) atoms. The number of rotatable bonds is 8. The number of carbonyl (C=O) groups is 2. The average molecular weight is 431 g/mol. The van der Waals surface area contributed by atoms with Gasteiger partial charge in [-0.3, -0.25) is 14.3 Å². The molecule has 9 nitrogen and oxygen atoms in total. The highest BCUT2D eigenvalue weighted by Gasteiger charge is 2.24. The summed E-state index contributed by atoms with van der Waals surface area (Å²) >= 11 is 0. The van der Waals surface area contributed by atoms with Gasteiger partial charge in [0.05, 0.1) is 39.5 Å². The lowest BCUT2D eigenvalue weighted by atomic mass is 9.96. The summed E-state index contributed by atoms with van der Waals surface area (Å²) in [5, 5.41) is 6.98. The number of hydrogen-bond acceptors (Lipinski definition) is 6. The number of carbonyl (C=O) groups excluding carboxylic acids is 2. The molecule has 1 aromatic carbocycles. The standard InChI is InChI=1S/C22H30N4O5/c1-25-14-17(13-24-25)22(28)23-12-15-5-7-26(8-6-15)20(27)11-16-9-18(29-2)21(31-4)19(10-16)30-3/h9-10,13-15H,5-8,11-12H2,1-4H3,(H,23,28). The summed E-state index contributed by atoms with van der Waals surface area (Å²) in [5.41, 5.74) is 1.37. The number of hydrogen-bond donors (Lipinski definition) is 1. The van der Waals surface area contributed by atoms with Gasteiger partial charge in [-0.05, 0) is 36.5 Å². The van der Waals surface area contributed by atoms with Gasteiger partial charge < -0.3 is 24.4 Å². The molecule has 0 bridgehead atoms. The third-order valence-electron chi connectivity index (χ3n) is 5.57. The molecule has 2 amide bonds.